The minimum absolute atomic E-state index is 0.0287. The highest BCUT2D eigenvalue weighted by Crippen LogP contribution is 2.35. The smallest absolute Gasteiger partial charge is 0.306 e. The molecule has 0 saturated carbocycles. The molecule has 57 heavy (non-hydrogen) atoms. The van der Waals surface area contributed by atoms with Crippen molar-refractivity contribution in [3.05, 3.63) is 51.8 Å². The largest absolute Gasteiger partial charge is 0.470 e. The van der Waals surface area contributed by atoms with Crippen LogP contribution >= 0.6 is 11.7 Å². The van der Waals surface area contributed by atoms with E-state index in [9.17, 15) is 19.2 Å². The van der Waals surface area contributed by atoms with Crippen molar-refractivity contribution in [3.8, 4) is 5.88 Å². The number of carbonyl (C=O) groups excluding carboxylic acids is 4. The molecule has 0 radical (unpaired) electrons. The average molecular weight is 807 g/mol. The summed E-state index contributed by atoms with van der Waals surface area (Å²) in [6.07, 6.45) is 1.95. The number of anilines is 2. The molecule has 0 aliphatic carbocycles. The average Bonchev–Trinajstić information content (AvgIpc) is 3.85. The van der Waals surface area contributed by atoms with E-state index in [1.165, 1.54) is 0 Å². The van der Waals surface area contributed by atoms with Gasteiger partial charge in [-0.3, -0.25) is 19.2 Å². The maximum absolute atomic E-state index is 13.1. The highest BCUT2D eigenvalue weighted by Gasteiger charge is 2.27. The van der Waals surface area contributed by atoms with Gasteiger partial charge >= 0.3 is 5.97 Å². The lowest BCUT2D eigenvalue weighted by Gasteiger charge is -2.27. The molecule has 15 nitrogen and oxygen atoms in total. The Hall–Kier alpha value is -4.64. The Morgan fingerprint density at radius 1 is 1.11 bits per heavy atom. The number of hydrogen-bond acceptors (Lipinski definition) is 13. The molecule has 0 unspecified atom stereocenters. The van der Waals surface area contributed by atoms with Crippen LogP contribution in [0.4, 0.5) is 11.5 Å². The van der Waals surface area contributed by atoms with Gasteiger partial charge in [-0.2, -0.15) is 4.37 Å². The van der Waals surface area contributed by atoms with Gasteiger partial charge < -0.3 is 44.9 Å². The number of Topliss-reactive ketones (excluding diaryl/α,β-unsaturated/α-hetero) is 1. The molecule has 5 rings (SSSR count). The fourth-order valence-corrected chi connectivity index (χ4v) is 7.32. The number of aromatic nitrogens is 3. The lowest BCUT2D eigenvalue weighted by atomic mass is 9.98. The first-order chi connectivity index (χ1) is 27.3. The number of aromatic amines is 1. The molecule has 2 aliphatic heterocycles. The molecule has 2 aliphatic rings. The van der Waals surface area contributed by atoms with E-state index >= 15 is 0 Å². The molecule has 16 heteroatoms. The van der Waals surface area contributed by atoms with E-state index in [-0.39, 0.29) is 49.0 Å². The number of likely N-dealkylation sites (N-methyl/N-ethyl adjacent to an activating group) is 1. The van der Waals surface area contributed by atoms with Crippen LogP contribution in [0, 0.1) is 13.8 Å². The quantitative estimate of drug-likeness (QED) is 0.0927. The second kappa shape index (κ2) is 20.2. The molecule has 1 aromatic carbocycles. The first-order valence-electron chi connectivity index (χ1n) is 19.9. The van der Waals surface area contributed by atoms with Gasteiger partial charge in [-0.1, -0.05) is 19.9 Å². The molecule has 0 bridgehead atoms. The Morgan fingerprint density at radius 2 is 1.86 bits per heavy atom. The van der Waals surface area contributed by atoms with Crippen LogP contribution in [0.25, 0.3) is 11.6 Å². The molecule has 2 aromatic heterocycles. The molecule has 310 valence electrons. The van der Waals surface area contributed by atoms with E-state index in [1.807, 2.05) is 46.8 Å². The molecule has 1 saturated heterocycles. The third-order valence-corrected chi connectivity index (χ3v) is 10.5. The third-order valence-electron chi connectivity index (χ3n) is 10.0. The van der Waals surface area contributed by atoms with Crippen LogP contribution in [-0.2, 0) is 30.3 Å². The summed E-state index contributed by atoms with van der Waals surface area (Å²) in [4.78, 5) is 59.9. The standard InChI is InChI=1S/C41H58N8O7S/c1-8-48(9-2)16-15-42-39(53)36-26(3)34(44-27(36)4)23-32-31-22-28(13-14-33(31)45-38(32)52)21-29(50)11-10-12-35(51)56-30(24-43-41(5,6)7)25-55-40-37(46-57-47-40)49-17-19-54-20-18-49/h13-14,22-23,30,43-44H,8-12,15-21,24-25H2,1-7H3,(H,42,53)(H,45,52)/b32-23-/t30-/m0/s1. The molecule has 1 atom stereocenters. The lowest BCUT2D eigenvalue weighted by Crippen LogP contribution is -2.44. The molecular weight excluding hydrogens is 749 g/mol. The van der Waals surface area contributed by atoms with Crippen LogP contribution in [0.15, 0.2) is 18.2 Å². The van der Waals surface area contributed by atoms with Crippen molar-refractivity contribution in [1.29, 1.82) is 0 Å². The van der Waals surface area contributed by atoms with Crippen LogP contribution in [0.3, 0.4) is 0 Å². The van der Waals surface area contributed by atoms with Gasteiger partial charge in [0, 0.05) is 80.2 Å². The number of esters is 1. The Labute approximate surface area is 339 Å². The first-order valence-corrected chi connectivity index (χ1v) is 20.6. The van der Waals surface area contributed by atoms with Crippen molar-refractivity contribution in [1.82, 2.24) is 29.3 Å². The second-order valence-corrected chi connectivity index (χ2v) is 16.0. The fraction of sp³-hybridized carbons (Fsp3) is 0.561. The number of amides is 2. The predicted molar refractivity (Wildman–Crippen MR) is 222 cm³/mol. The van der Waals surface area contributed by atoms with Crippen molar-refractivity contribution >= 4 is 58.4 Å². The minimum atomic E-state index is -0.582. The third kappa shape index (κ3) is 12.2. The van der Waals surface area contributed by atoms with Crippen molar-refractivity contribution in [2.45, 2.75) is 85.8 Å². The van der Waals surface area contributed by atoms with E-state index in [0.29, 0.717) is 85.6 Å². The summed E-state index contributed by atoms with van der Waals surface area (Å²) in [5, 5.41) is 9.31. The lowest BCUT2D eigenvalue weighted by molar-refractivity contribution is -0.150. The number of morpholine rings is 1. The number of ether oxygens (including phenoxy) is 3. The van der Waals surface area contributed by atoms with Gasteiger partial charge in [0.05, 0.1) is 36.1 Å². The van der Waals surface area contributed by atoms with Crippen LogP contribution in [0.5, 0.6) is 5.88 Å². The molecular formula is C41H58N8O7S. The summed E-state index contributed by atoms with van der Waals surface area (Å²) in [5.41, 5.74) is 5.06. The summed E-state index contributed by atoms with van der Waals surface area (Å²) in [6.45, 7) is 20.2. The zero-order valence-corrected chi connectivity index (χ0v) is 35.2. The number of rotatable bonds is 20. The normalized spacial score (nSPS) is 15.5. The summed E-state index contributed by atoms with van der Waals surface area (Å²) < 4.78 is 26.0. The predicted octanol–water partition coefficient (Wildman–Crippen LogP) is 4.54. The maximum Gasteiger partial charge on any atom is 0.306 e. The van der Waals surface area contributed by atoms with Gasteiger partial charge in [0.25, 0.3) is 17.7 Å². The summed E-state index contributed by atoms with van der Waals surface area (Å²) >= 11 is 1.07. The van der Waals surface area contributed by atoms with Gasteiger partial charge in [0.2, 0.25) is 5.82 Å². The fourth-order valence-electron chi connectivity index (χ4n) is 6.80. The van der Waals surface area contributed by atoms with E-state index in [2.05, 4.69) is 53.3 Å². The van der Waals surface area contributed by atoms with Crippen molar-refractivity contribution < 1.29 is 33.4 Å². The van der Waals surface area contributed by atoms with E-state index < -0.39 is 12.1 Å². The SMILES string of the molecule is CCN(CC)CCNC(=O)c1c(C)[nH]c(/C=C2\C(=O)Nc3ccc(CC(=O)CCCC(=O)O[C@@H](CNC(C)(C)C)COc4nsnc4N4CCOCC4)cc32)c1C. The molecule has 0 spiro atoms. The van der Waals surface area contributed by atoms with Crippen molar-refractivity contribution in [3.63, 3.8) is 0 Å². The number of nitrogens with one attached hydrogen (secondary N) is 4. The number of H-pyrrole nitrogens is 1. The molecule has 4 heterocycles. The Balaban J connectivity index is 1.15. The van der Waals surface area contributed by atoms with Crippen LogP contribution in [-0.4, -0.2) is 119 Å². The minimum Gasteiger partial charge on any atom is -0.470 e. The maximum atomic E-state index is 13.1. The Bertz CT molecular complexity index is 1910. The summed E-state index contributed by atoms with van der Waals surface area (Å²) in [5.74, 6) is 0.214. The zero-order valence-electron chi connectivity index (χ0n) is 34.3. The number of aryl methyl sites for hydroxylation is 1. The van der Waals surface area contributed by atoms with E-state index in [4.69, 9.17) is 14.2 Å². The van der Waals surface area contributed by atoms with Gasteiger partial charge in [-0.15, -0.1) is 4.37 Å². The van der Waals surface area contributed by atoms with Crippen LogP contribution in [0.2, 0.25) is 0 Å². The molecule has 2 amide bonds. The number of carbonyl (C=O) groups is 4. The van der Waals surface area contributed by atoms with Crippen LogP contribution < -0.4 is 25.6 Å². The number of benzene rings is 1. The van der Waals surface area contributed by atoms with Crippen molar-refractivity contribution in [2.75, 3.05) is 75.9 Å². The van der Waals surface area contributed by atoms with E-state index in [1.54, 1.807) is 12.1 Å². The summed E-state index contributed by atoms with van der Waals surface area (Å²) in [7, 11) is 0. The highest BCUT2D eigenvalue weighted by atomic mass is 32.1. The number of nitrogens with zero attached hydrogens (tertiary/aromatic N) is 4. The second-order valence-electron chi connectivity index (χ2n) is 15.5. The van der Waals surface area contributed by atoms with Gasteiger partial charge in [-0.05, 0) is 83.5 Å². The number of ketones is 1. The monoisotopic (exact) mass is 806 g/mol. The number of fused-ring (bicyclic) bond motifs is 1. The van der Waals surface area contributed by atoms with Gasteiger partial charge in [0.1, 0.15) is 18.5 Å². The van der Waals surface area contributed by atoms with Gasteiger partial charge in [-0.25, -0.2) is 0 Å². The zero-order chi connectivity index (χ0) is 41.1. The van der Waals surface area contributed by atoms with Crippen molar-refractivity contribution in [2.24, 2.45) is 0 Å². The van der Waals surface area contributed by atoms with Crippen LogP contribution in [0.1, 0.15) is 92.3 Å². The Kier molecular flexibility index (Phi) is 15.4. The van der Waals surface area contributed by atoms with E-state index in [0.717, 1.165) is 48.2 Å². The highest BCUT2D eigenvalue weighted by molar-refractivity contribution is 6.99. The first kappa shape index (κ1) is 43.5. The topological polar surface area (TPSA) is 180 Å². The Morgan fingerprint density at radius 3 is 2.58 bits per heavy atom. The number of hydrogen-bond donors (Lipinski definition) is 4. The molecule has 1 fully saturated rings. The molecule has 4 N–H and O–H groups in total. The summed E-state index contributed by atoms with van der Waals surface area (Å²) in [6, 6.07) is 5.48. The molecule has 3 aromatic rings. The van der Waals surface area contributed by atoms with Gasteiger partial charge in [0.15, 0.2) is 0 Å².